The van der Waals surface area contributed by atoms with Crippen LogP contribution >= 0.6 is 0 Å². The van der Waals surface area contributed by atoms with E-state index in [2.05, 4.69) is 20.7 Å². The number of hydrogen-bond donors (Lipinski definition) is 3. The molecule has 0 radical (unpaired) electrons. The van der Waals surface area contributed by atoms with Gasteiger partial charge in [-0.1, -0.05) is 0 Å². The Bertz CT molecular complexity index is 679. The topological polar surface area (TPSA) is 115 Å². The second-order valence-electron chi connectivity index (χ2n) is 4.46. The molecule has 8 nitrogen and oxygen atoms in total. The fourth-order valence-corrected chi connectivity index (χ4v) is 1.72. The quantitative estimate of drug-likeness (QED) is 0.741. The summed E-state index contributed by atoms with van der Waals surface area (Å²) in [5, 5.41) is 9.17. The Balaban J connectivity index is 2.09. The maximum atomic E-state index is 12.2. The highest BCUT2D eigenvalue weighted by Crippen LogP contribution is 2.13. The predicted molar refractivity (Wildman–Crippen MR) is 77.6 cm³/mol. The van der Waals surface area contributed by atoms with Crippen molar-refractivity contribution in [2.45, 2.75) is 13.5 Å². The molecule has 21 heavy (non-hydrogen) atoms. The van der Waals surface area contributed by atoms with E-state index >= 15 is 0 Å². The third-order valence-electron chi connectivity index (χ3n) is 2.83. The van der Waals surface area contributed by atoms with Crippen LogP contribution in [-0.4, -0.2) is 33.6 Å². The molecule has 4 N–H and O–H groups in total. The minimum absolute atomic E-state index is 0.0885. The molecule has 0 unspecified atom stereocenters. The van der Waals surface area contributed by atoms with E-state index in [1.165, 1.54) is 17.1 Å². The normalized spacial score (nSPS) is 10.2. The van der Waals surface area contributed by atoms with Gasteiger partial charge in [-0.15, -0.1) is 0 Å². The van der Waals surface area contributed by atoms with E-state index in [1.807, 2.05) is 0 Å². The van der Waals surface area contributed by atoms with Gasteiger partial charge >= 0.3 is 0 Å². The molecule has 0 bridgehead atoms. The van der Waals surface area contributed by atoms with Gasteiger partial charge in [-0.2, -0.15) is 5.10 Å². The smallest absolute Gasteiger partial charge is 0.257 e. The zero-order valence-corrected chi connectivity index (χ0v) is 11.8. The summed E-state index contributed by atoms with van der Waals surface area (Å²) in [5.41, 5.74) is 7.52. The molecule has 2 aromatic rings. The largest absolute Gasteiger partial charge is 0.397 e. The van der Waals surface area contributed by atoms with E-state index in [4.69, 9.17) is 5.73 Å². The summed E-state index contributed by atoms with van der Waals surface area (Å²) in [6.07, 6.45) is 4.53. The molecule has 2 heterocycles. The first kappa shape index (κ1) is 14.5. The van der Waals surface area contributed by atoms with Crippen LogP contribution in [-0.2, 0) is 11.3 Å². The predicted octanol–water partition coefficient (Wildman–Crippen LogP) is 0.167. The number of carbonyl (C=O) groups is 2. The van der Waals surface area contributed by atoms with Crippen LogP contribution in [0.3, 0.4) is 0 Å². The number of nitrogens with one attached hydrogen (secondary N) is 2. The van der Waals surface area contributed by atoms with E-state index in [9.17, 15) is 9.59 Å². The Morgan fingerprint density at radius 2 is 2.14 bits per heavy atom. The molecule has 0 aliphatic heterocycles. The molecule has 2 amide bonds. The molecule has 110 valence electrons. The number of pyridine rings is 1. The van der Waals surface area contributed by atoms with Crippen LogP contribution in [0.4, 0.5) is 11.4 Å². The van der Waals surface area contributed by atoms with Crippen molar-refractivity contribution in [1.29, 1.82) is 0 Å². The molecule has 0 saturated heterocycles. The van der Waals surface area contributed by atoms with Crippen LogP contribution in [0.15, 0.2) is 24.7 Å². The van der Waals surface area contributed by atoms with Crippen molar-refractivity contribution in [3.05, 3.63) is 35.9 Å². The van der Waals surface area contributed by atoms with E-state index < -0.39 is 0 Å². The van der Waals surface area contributed by atoms with Crippen molar-refractivity contribution in [2.75, 3.05) is 18.1 Å². The number of nitrogens with zero attached hydrogens (tertiary/aromatic N) is 3. The highest BCUT2D eigenvalue weighted by Gasteiger charge is 2.12. The Labute approximate surface area is 121 Å². The highest BCUT2D eigenvalue weighted by molar-refractivity contribution is 6.05. The molecular weight excluding hydrogens is 272 g/mol. The molecule has 0 saturated carbocycles. The van der Waals surface area contributed by atoms with Gasteiger partial charge < -0.3 is 16.4 Å². The molecule has 8 heteroatoms. The van der Waals surface area contributed by atoms with E-state index in [1.54, 1.807) is 26.2 Å². The Hall–Kier alpha value is -2.90. The van der Waals surface area contributed by atoms with Crippen LogP contribution in [0.1, 0.15) is 16.1 Å². The highest BCUT2D eigenvalue weighted by atomic mass is 16.2. The fourth-order valence-electron chi connectivity index (χ4n) is 1.72. The number of amides is 2. The number of likely N-dealkylation sites (N-methyl/N-ethyl adjacent to an activating group) is 1. The lowest BCUT2D eigenvalue weighted by Gasteiger charge is -2.06. The molecule has 2 aromatic heterocycles. The van der Waals surface area contributed by atoms with E-state index in [0.717, 1.165) is 0 Å². The number of aromatic nitrogens is 3. The number of rotatable bonds is 4. The van der Waals surface area contributed by atoms with Gasteiger partial charge in [-0.3, -0.25) is 19.3 Å². The first-order valence-corrected chi connectivity index (χ1v) is 6.26. The number of anilines is 2. The SMILES string of the molecule is CNC(=O)Cn1cc(NC(=O)c2cc(N)cnc2C)cn1. The maximum absolute atomic E-state index is 12.2. The van der Waals surface area contributed by atoms with Gasteiger partial charge in [0.2, 0.25) is 5.91 Å². The molecular formula is C13H16N6O2. The van der Waals surface area contributed by atoms with Crippen LogP contribution < -0.4 is 16.4 Å². The third kappa shape index (κ3) is 3.56. The maximum Gasteiger partial charge on any atom is 0.257 e. The first-order valence-electron chi connectivity index (χ1n) is 6.26. The zero-order valence-electron chi connectivity index (χ0n) is 11.8. The van der Waals surface area contributed by atoms with Gasteiger partial charge in [0.05, 0.1) is 35.0 Å². The van der Waals surface area contributed by atoms with E-state index in [-0.39, 0.29) is 18.4 Å². The monoisotopic (exact) mass is 288 g/mol. The molecule has 0 aliphatic rings. The summed E-state index contributed by atoms with van der Waals surface area (Å²) in [6.45, 7) is 1.81. The van der Waals surface area contributed by atoms with Crippen molar-refractivity contribution >= 4 is 23.2 Å². The lowest BCUT2D eigenvalue weighted by atomic mass is 10.2. The van der Waals surface area contributed by atoms with Gasteiger partial charge in [0.1, 0.15) is 6.54 Å². The average Bonchev–Trinajstić information content (AvgIpc) is 2.88. The van der Waals surface area contributed by atoms with Crippen molar-refractivity contribution in [3.63, 3.8) is 0 Å². The summed E-state index contributed by atoms with van der Waals surface area (Å²) in [5.74, 6) is -0.501. The van der Waals surface area contributed by atoms with E-state index in [0.29, 0.717) is 22.6 Å². The summed E-state index contributed by atoms with van der Waals surface area (Å²) in [7, 11) is 1.55. The van der Waals surface area contributed by atoms with Crippen molar-refractivity contribution in [1.82, 2.24) is 20.1 Å². The second kappa shape index (κ2) is 6.04. The summed E-state index contributed by atoms with van der Waals surface area (Å²) >= 11 is 0. The number of hydrogen-bond acceptors (Lipinski definition) is 5. The molecule has 2 rings (SSSR count). The number of nitrogen functional groups attached to an aromatic ring is 1. The average molecular weight is 288 g/mol. The summed E-state index contributed by atoms with van der Waals surface area (Å²) < 4.78 is 1.43. The van der Waals surface area contributed by atoms with Crippen molar-refractivity contribution in [3.8, 4) is 0 Å². The van der Waals surface area contributed by atoms with Crippen molar-refractivity contribution in [2.24, 2.45) is 0 Å². The van der Waals surface area contributed by atoms with Gasteiger partial charge in [-0.25, -0.2) is 0 Å². The Morgan fingerprint density at radius 3 is 2.86 bits per heavy atom. The lowest BCUT2D eigenvalue weighted by Crippen LogP contribution is -2.23. The standard InChI is InChI=1S/C13H16N6O2/c1-8-11(3-9(14)4-16-8)13(21)18-10-5-17-19(6-10)7-12(20)15-2/h3-6H,7,14H2,1-2H3,(H,15,20)(H,18,21). The fraction of sp³-hybridized carbons (Fsp3) is 0.231. The summed E-state index contributed by atoms with van der Waals surface area (Å²) in [6, 6.07) is 1.56. The van der Waals surface area contributed by atoms with Gasteiger partial charge in [-0.05, 0) is 13.0 Å². The Kier molecular flexibility index (Phi) is 4.17. The molecule has 0 aliphatic carbocycles. The molecule has 0 atom stereocenters. The van der Waals surface area contributed by atoms with Crippen LogP contribution in [0.25, 0.3) is 0 Å². The van der Waals surface area contributed by atoms with Crippen LogP contribution in [0.5, 0.6) is 0 Å². The first-order chi connectivity index (χ1) is 9.99. The number of carbonyl (C=O) groups excluding carboxylic acids is 2. The third-order valence-corrected chi connectivity index (χ3v) is 2.83. The number of nitrogens with two attached hydrogens (primary N) is 1. The second-order valence-corrected chi connectivity index (χ2v) is 4.46. The molecule has 0 aromatic carbocycles. The van der Waals surface area contributed by atoms with Crippen LogP contribution in [0, 0.1) is 6.92 Å². The Morgan fingerprint density at radius 1 is 1.38 bits per heavy atom. The zero-order chi connectivity index (χ0) is 15.4. The number of aryl methyl sites for hydroxylation is 1. The molecule has 0 fully saturated rings. The van der Waals surface area contributed by atoms with Gasteiger partial charge in [0, 0.05) is 13.2 Å². The van der Waals surface area contributed by atoms with Crippen molar-refractivity contribution < 1.29 is 9.59 Å². The minimum Gasteiger partial charge on any atom is -0.397 e. The molecule has 0 spiro atoms. The van der Waals surface area contributed by atoms with Gasteiger partial charge in [0.25, 0.3) is 5.91 Å². The summed E-state index contributed by atoms with van der Waals surface area (Å²) in [4.78, 5) is 27.4. The minimum atomic E-state index is -0.327. The van der Waals surface area contributed by atoms with Gasteiger partial charge in [0.15, 0.2) is 0 Å². The van der Waals surface area contributed by atoms with Crippen LogP contribution in [0.2, 0.25) is 0 Å². The lowest BCUT2D eigenvalue weighted by molar-refractivity contribution is -0.121.